The molecule has 4 rings (SSSR count). The quantitative estimate of drug-likeness (QED) is 0.501. The summed E-state index contributed by atoms with van der Waals surface area (Å²) in [6.07, 6.45) is 3.40. The third kappa shape index (κ3) is 0.654. The van der Waals surface area contributed by atoms with Gasteiger partial charge in [-0.15, -0.1) is 0 Å². The van der Waals surface area contributed by atoms with E-state index in [1.54, 1.807) is 0 Å². The Bertz CT molecular complexity index is 100. The molecule has 0 aliphatic carbocycles. The lowest BCUT2D eigenvalue weighted by Gasteiger charge is -2.48. The third-order valence-corrected chi connectivity index (χ3v) is 2.49. The van der Waals surface area contributed by atoms with Crippen LogP contribution in [0.15, 0.2) is 0 Å². The van der Waals surface area contributed by atoms with Crippen LogP contribution in [0.3, 0.4) is 0 Å². The average Bonchev–Trinajstić information content (AvgIpc) is 1.82. The van der Waals surface area contributed by atoms with Crippen molar-refractivity contribution in [3.05, 3.63) is 0 Å². The van der Waals surface area contributed by atoms with Gasteiger partial charge < -0.3 is 14.2 Å². The second kappa shape index (κ2) is 1.72. The lowest BCUT2D eigenvalue weighted by molar-refractivity contribution is -0.431. The Balaban J connectivity index is 1.90. The summed E-state index contributed by atoms with van der Waals surface area (Å²) < 4.78 is 16.1. The SMILES string of the molecule is C1C2CC3OC1OC(C2)O3. The lowest BCUT2D eigenvalue weighted by atomic mass is 9.90. The van der Waals surface area contributed by atoms with E-state index in [1.165, 1.54) is 0 Å². The molecule has 4 heterocycles. The molecule has 0 radical (unpaired) electrons. The van der Waals surface area contributed by atoms with Crippen molar-refractivity contribution in [1.82, 2.24) is 0 Å². The Labute approximate surface area is 59.3 Å². The molecule has 0 aromatic carbocycles. The Morgan fingerprint density at radius 2 is 1.10 bits per heavy atom. The maximum absolute atomic E-state index is 5.38. The monoisotopic (exact) mass is 142 g/mol. The molecular weight excluding hydrogens is 132 g/mol. The Hall–Kier alpha value is -0.120. The van der Waals surface area contributed by atoms with Crippen molar-refractivity contribution in [3.63, 3.8) is 0 Å². The topological polar surface area (TPSA) is 27.7 Å². The predicted octanol–water partition coefficient (Wildman–Crippen LogP) is 0.842. The maximum Gasteiger partial charge on any atom is 0.164 e. The number of rotatable bonds is 0. The van der Waals surface area contributed by atoms with Gasteiger partial charge in [0.25, 0.3) is 0 Å². The predicted molar refractivity (Wildman–Crippen MR) is 32.0 cm³/mol. The minimum Gasteiger partial charge on any atom is -0.324 e. The molecule has 0 amide bonds. The highest BCUT2D eigenvalue weighted by Gasteiger charge is 2.44. The molecule has 0 aromatic heterocycles. The molecule has 56 valence electrons. The Morgan fingerprint density at radius 3 is 1.40 bits per heavy atom. The van der Waals surface area contributed by atoms with Gasteiger partial charge in [0, 0.05) is 19.3 Å². The van der Waals surface area contributed by atoms with Gasteiger partial charge in [-0.2, -0.15) is 0 Å². The molecule has 0 spiro atoms. The molecule has 4 aliphatic rings. The summed E-state index contributed by atoms with van der Waals surface area (Å²) in [5.41, 5.74) is 0. The first kappa shape index (κ1) is 5.52. The fourth-order valence-electron chi connectivity index (χ4n) is 2.04. The molecule has 3 heteroatoms. The lowest BCUT2D eigenvalue weighted by Crippen LogP contribution is -2.52. The van der Waals surface area contributed by atoms with Crippen LogP contribution >= 0.6 is 0 Å². The molecule has 0 atom stereocenters. The summed E-state index contributed by atoms with van der Waals surface area (Å²) in [5.74, 6) is 0.802. The second-order valence-electron chi connectivity index (χ2n) is 3.27. The molecular formula is C7H10O3. The third-order valence-electron chi connectivity index (χ3n) is 2.49. The second-order valence-corrected chi connectivity index (χ2v) is 3.27. The fourth-order valence-corrected chi connectivity index (χ4v) is 2.04. The summed E-state index contributed by atoms with van der Waals surface area (Å²) in [7, 11) is 0. The van der Waals surface area contributed by atoms with Crippen molar-refractivity contribution >= 4 is 0 Å². The standard InChI is InChI=1S/C7H10O3/c1-4-2-6-8-5(1)9-7(3-4)10-6/h4-7H,1-3H2. The van der Waals surface area contributed by atoms with E-state index in [2.05, 4.69) is 0 Å². The zero-order chi connectivity index (χ0) is 6.55. The Morgan fingerprint density at radius 1 is 0.700 bits per heavy atom. The van der Waals surface area contributed by atoms with Gasteiger partial charge in [-0.05, 0) is 5.92 Å². The van der Waals surface area contributed by atoms with E-state index in [1.807, 2.05) is 0 Å². The van der Waals surface area contributed by atoms with E-state index < -0.39 is 0 Å². The zero-order valence-corrected chi connectivity index (χ0v) is 5.66. The van der Waals surface area contributed by atoms with Crippen LogP contribution in [0.2, 0.25) is 0 Å². The largest absolute Gasteiger partial charge is 0.324 e. The number of hydrogen-bond donors (Lipinski definition) is 0. The van der Waals surface area contributed by atoms with Crippen molar-refractivity contribution in [1.29, 1.82) is 0 Å². The highest BCUT2D eigenvalue weighted by atomic mass is 16.9. The van der Waals surface area contributed by atoms with Gasteiger partial charge in [-0.3, -0.25) is 0 Å². The smallest absolute Gasteiger partial charge is 0.164 e. The van der Waals surface area contributed by atoms with E-state index in [4.69, 9.17) is 14.2 Å². The molecule has 4 bridgehead atoms. The van der Waals surface area contributed by atoms with Gasteiger partial charge in [-0.25, -0.2) is 0 Å². The van der Waals surface area contributed by atoms with Crippen LogP contribution in [-0.2, 0) is 14.2 Å². The van der Waals surface area contributed by atoms with E-state index in [9.17, 15) is 0 Å². The average molecular weight is 142 g/mol. The highest BCUT2D eigenvalue weighted by Crippen LogP contribution is 2.41. The van der Waals surface area contributed by atoms with Crippen molar-refractivity contribution in [2.24, 2.45) is 5.92 Å². The van der Waals surface area contributed by atoms with Crippen LogP contribution in [0.1, 0.15) is 19.3 Å². The van der Waals surface area contributed by atoms with Crippen molar-refractivity contribution in [2.45, 2.75) is 38.1 Å². The van der Waals surface area contributed by atoms with E-state index in [0.29, 0.717) is 0 Å². The van der Waals surface area contributed by atoms with Crippen molar-refractivity contribution < 1.29 is 14.2 Å². The summed E-state index contributed by atoms with van der Waals surface area (Å²) >= 11 is 0. The molecule has 0 saturated carbocycles. The van der Waals surface area contributed by atoms with Gasteiger partial charge in [0.1, 0.15) is 0 Å². The summed E-state index contributed by atoms with van der Waals surface area (Å²) in [6, 6.07) is 0. The fraction of sp³-hybridized carbons (Fsp3) is 1.00. The summed E-state index contributed by atoms with van der Waals surface area (Å²) in [5, 5.41) is 0. The van der Waals surface area contributed by atoms with Gasteiger partial charge in [0.2, 0.25) is 0 Å². The van der Waals surface area contributed by atoms with Crippen LogP contribution < -0.4 is 0 Å². The molecule has 4 fully saturated rings. The van der Waals surface area contributed by atoms with Crippen LogP contribution in [0.4, 0.5) is 0 Å². The first-order valence-corrected chi connectivity index (χ1v) is 3.86. The molecule has 10 heavy (non-hydrogen) atoms. The molecule has 4 aliphatic heterocycles. The molecule has 0 N–H and O–H groups in total. The van der Waals surface area contributed by atoms with Gasteiger partial charge in [-0.1, -0.05) is 0 Å². The number of ether oxygens (including phenoxy) is 3. The summed E-state index contributed by atoms with van der Waals surface area (Å²) in [6.45, 7) is 0. The van der Waals surface area contributed by atoms with Crippen molar-refractivity contribution in [3.8, 4) is 0 Å². The Kier molecular flexibility index (Phi) is 0.952. The van der Waals surface area contributed by atoms with Gasteiger partial charge in [0.05, 0.1) is 0 Å². The summed E-state index contributed by atoms with van der Waals surface area (Å²) in [4.78, 5) is 0. The normalized spacial score (nSPS) is 57.6. The van der Waals surface area contributed by atoms with Gasteiger partial charge in [0.15, 0.2) is 18.9 Å². The van der Waals surface area contributed by atoms with Crippen LogP contribution in [-0.4, -0.2) is 18.9 Å². The van der Waals surface area contributed by atoms with E-state index >= 15 is 0 Å². The van der Waals surface area contributed by atoms with Crippen molar-refractivity contribution in [2.75, 3.05) is 0 Å². The highest BCUT2D eigenvalue weighted by molar-refractivity contribution is 4.80. The minimum atomic E-state index is 0.0521. The molecule has 3 nitrogen and oxygen atoms in total. The van der Waals surface area contributed by atoms with E-state index in [-0.39, 0.29) is 18.9 Å². The minimum absolute atomic E-state index is 0.0521. The van der Waals surface area contributed by atoms with Crippen LogP contribution in [0.5, 0.6) is 0 Å². The molecule has 0 unspecified atom stereocenters. The molecule has 0 aromatic rings. The first-order valence-electron chi connectivity index (χ1n) is 3.86. The molecule has 4 saturated heterocycles. The number of hydrogen-bond acceptors (Lipinski definition) is 3. The van der Waals surface area contributed by atoms with Crippen LogP contribution in [0.25, 0.3) is 0 Å². The van der Waals surface area contributed by atoms with Crippen LogP contribution in [0, 0.1) is 5.92 Å². The van der Waals surface area contributed by atoms with Gasteiger partial charge >= 0.3 is 0 Å². The first-order chi connectivity index (χ1) is 4.90. The van der Waals surface area contributed by atoms with E-state index in [0.717, 1.165) is 25.2 Å². The zero-order valence-electron chi connectivity index (χ0n) is 5.66. The maximum atomic E-state index is 5.38.